The summed E-state index contributed by atoms with van der Waals surface area (Å²) in [5, 5.41) is 0. The lowest BCUT2D eigenvalue weighted by molar-refractivity contribution is -0.161. The minimum atomic E-state index is -0.688. The number of esters is 2. The third-order valence-corrected chi connectivity index (χ3v) is 5.29. The first-order chi connectivity index (χ1) is 13.1. The molecule has 0 aliphatic heterocycles. The van der Waals surface area contributed by atoms with E-state index in [9.17, 15) is 9.59 Å². The fourth-order valence-corrected chi connectivity index (χ4v) is 3.23. The summed E-state index contributed by atoms with van der Waals surface area (Å²) in [6, 6.07) is 10.2. The molecule has 1 aromatic carbocycles. The van der Waals surface area contributed by atoms with Gasteiger partial charge in [-0.2, -0.15) is 0 Å². The van der Waals surface area contributed by atoms with E-state index in [0.29, 0.717) is 26.1 Å². The maximum Gasteiger partial charge on any atom is 0.311 e. The van der Waals surface area contributed by atoms with Gasteiger partial charge in [0.05, 0.1) is 24.5 Å². The van der Waals surface area contributed by atoms with E-state index in [0.717, 1.165) is 19.3 Å². The Morgan fingerprint density at radius 3 is 2.25 bits per heavy atom. The molecular weight excluding hydrogens is 352 g/mol. The lowest BCUT2D eigenvalue weighted by Crippen LogP contribution is -2.36. The number of rotatable bonds is 12. The van der Waals surface area contributed by atoms with E-state index >= 15 is 0 Å². The third kappa shape index (κ3) is 8.04. The van der Waals surface area contributed by atoms with Crippen molar-refractivity contribution in [3.05, 3.63) is 35.9 Å². The van der Waals surface area contributed by atoms with E-state index in [1.165, 1.54) is 5.56 Å². The quantitative estimate of drug-likeness (QED) is 0.345. The van der Waals surface area contributed by atoms with Gasteiger partial charge in [-0.15, -0.1) is 0 Å². The van der Waals surface area contributed by atoms with Crippen molar-refractivity contribution in [3.63, 3.8) is 0 Å². The molecule has 0 aromatic heterocycles. The zero-order valence-corrected chi connectivity index (χ0v) is 18.5. The fraction of sp³-hybridized carbons (Fsp3) is 0.667. The van der Waals surface area contributed by atoms with Crippen LogP contribution in [0.1, 0.15) is 72.8 Å². The van der Waals surface area contributed by atoms with Crippen LogP contribution in [0, 0.1) is 16.7 Å². The minimum absolute atomic E-state index is 0.156. The Morgan fingerprint density at radius 2 is 1.68 bits per heavy atom. The molecule has 0 fully saturated rings. The van der Waals surface area contributed by atoms with Gasteiger partial charge in [-0.1, -0.05) is 71.4 Å². The molecular formula is C24H38O4. The lowest BCUT2D eigenvalue weighted by Gasteiger charge is -2.31. The van der Waals surface area contributed by atoms with Crippen molar-refractivity contribution in [1.29, 1.82) is 0 Å². The van der Waals surface area contributed by atoms with Crippen LogP contribution in [0.25, 0.3) is 0 Å². The van der Waals surface area contributed by atoms with Crippen LogP contribution in [0.5, 0.6) is 0 Å². The monoisotopic (exact) mass is 390 g/mol. The molecule has 0 aliphatic rings. The number of benzene rings is 1. The van der Waals surface area contributed by atoms with Crippen molar-refractivity contribution in [3.8, 4) is 0 Å². The Kier molecular flexibility index (Phi) is 9.71. The van der Waals surface area contributed by atoms with Crippen molar-refractivity contribution >= 4 is 11.9 Å². The van der Waals surface area contributed by atoms with Gasteiger partial charge in [-0.05, 0) is 38.2 Å². The van der Waals surface area contributed by atoms with E-state index in [2.05, 4.69) is 32.9 Å². The van der Waals surface area contributed by atoms with Crippen molar-refractivity contribution < 1.29 is 19.1 Å². The predicted molar refractivity (Wildman–Crippen MR) is 113 cm³/mol. The summed E-state index contributed by atoms with van der Waals surface area (Å²) >= 11 is 0. The first kappa shape index (κ1) is 24.2. The number of ether oxygens (including phenoxy) is 2. The van der Waals surface area contributed by atoms with E-state index in [1.54, 1.807) is 0 Å². The molecule has 0 saturated heterocycles. The molecule has 1 aromatic rings. The molecule has 1 rings (SSSR count). The molecule has 0 bridgehead atoms. The first-order valence-electron chi connectivity index (χ1n) is 10.5. The molecule has 0 aliphatic carbocycles. The fourth-order valence-electron chi connectivity index (χ4n) is 3.23. The molecule has 0 saturated carbocycles. The van der Waals surface area contributed by atoms with E-state index in [-0.39, 0.29) is 23.3 Å². The topological polar surface area (TPSA) is 52.6 Å². The predicted octanol–water partition coefficient (Wildman–Crippen LogP) is 5.58. The molecule has 0 heterocycles. The van der Waals surface area contributed by atoms with Gasteiger partial charge in [-0.3, -0.25) is 9.59 Å². The van der Waals surface area contributed by atoms with Gasteiger partial charge in [0, 0.05) is 5.41 Å². The second-order valence-electron chi connectivity index (χ2n) is 8.94. The smallest absolute Gasteiger partial charge is 0.311 e. The van der Waals surface area contributed by atoms with Crippen molar-refractivity contribution in [1.82, 2.24) is 0 Å². The van der Waals surface area contributed by atoms with Crippen LogP contribution in [0.3, 0.4) is 0 Å². The molecule has 0 N–H and O–H groups in total. The average molecular weight is 391 g/mol. The molecule has 0 radical (unpaired) electrons. The van der Waals surface area contributed by atoms with Gasteiger partial charge in [0.15, 0.2) is 0 Å². The Balaban J connectivity index is 2.61. The highest BCUT2D eigenvalue weighted by atomic mass is 16.5. The Hall–Kier alpha value is -1.84. The van der Waals surface area contributed by atoms with Crippen LogP contribution < -0.4 is 0 Å². The van der Waals surface area contributed by atoms with Gasteiger partial charge in [0.1, 0.15) is 0 Å². The number of hydrogen-bond acceptors (Lipinski definition) is 4. The summed E-state index contributed by atoms with van der Waals surface area (Å²) in [5.74, 6) is -0.790. The molecule has 0 spiro atoms. The molecule has 4 nitrogen and oxygen atoms in total. The number of hydrogen-bond donors (Lipinski definition) is 0. The highest BCUT2D eigenvalue weighted by Gasteiger charge is 2.37. The van der Waals surface area contributed by atoms with Gasteiger partial charge in [-0.25, -0.2) is 0 Å². The third-order valence-electron chi connectivity index (χ3n) is 5.29. The highest BCUT2D eigenvalue weighted by molar-refractivity contribution is 5.78. The molecule has 158 valence electrons. The largest absolute Gasteiger partial charge is 0.465 e. The van der Waals surface area contributed by atoms with Crippen molar-refractivity contribution in [2.75, 3.05) is 13.2 Å². The van der Waals surface area contributed by atoms with Crippen LogP contribution in [0.15, 0.2) is 30.3 Å². The van der Waals surface area contributed by atoms with Crippen LogP contribution in [-0.4, -0.2) is 25.2 Å². The number of carbonyl (C=O) groups is 2. The number of carbonyl (C=O) groups excluding carboxylic acids is 2. The van der Waals surface area contributed by atoms with Gasteiger partial charge in [0.2, 0.25) is 0 Å². The zero-order chi connectivity index (χ0) is 21.2. The Labute approximate surface area is 171 Å². The first-order valence-corrected chi connectivity index (χ1v) is 10.5. The summed E-state index contributed by atoms with van der Waals surface area (Å²) in [6.45, 7) is 12.7. The Morgan fingerprint density at radius 1 is 1.04 bits per heavy atom. The summed E-state index contributed by atoms with van der Waals surface area (Å²) in [6.07, 6.45) is 3.75. The molecule has 2 unspecified atom stereocenters. The SMILES string of the molecule is CCCCOC(=O)C(C)CC(C)(CC)C(=O)OCC(C)(C)Cc1ccccc1. The summed E-state index contributed by atoms with van der Waals surface area (Å²) in [5.41, 5.74) is 0.382. The molecule has 28 heavy (non-hydrogen) atoms. The molecule has 2 atom stereocenters. The van der Waals surface area contributed by atoms with Crippen LogP contribution in [0.4, 0.5) is 0 Å². The summed E-state index contributed by atoms with van der Waals surface area (Å²) in [7, 11) is 0. The average Bonchev–Trinajstić information content (AvgIpc) is 2.66. The van der Waals surface area contributed by atoms with Crippen LogP contribution in [-0.2, 0) is 25.5 Å². The van der Waals surface area contributed by atoms with Gasteiger partial charge < -0.3 is 9.47 Å². The van der Waals surface area contributed by atoms with Crippen molar-refractivity contribution in [2.45, 2.75) is 73.6 Å². The summed E-state index contributed by atoms with van der Waals surface area (Å²) in [4.78, 5) is 25.0. The van der Waals surface area contributed by atoms with Crippen LogP contribution >= 0.6 is 0 Å². The van der Waals surface area contributed by atoms with Gasteiger partial charge in [0.25, 0.3) is 0 Å². The maximum atomic E-state index is 12.8. The van der Waals surface area contributed by atoms with E-state index in [4.69, 9.17) is 9.47 Å². The van der Waals surface area contributed by atoms with Gasteiger partial charge >= 0.3 is 11.9 Å². The second kappa shape index (κ2) is 11.2. The lowest BCUT2D eigenvalue weighted by atomic mass is 9.79. The zero-order valence-electron chi connectivity index (χ0n) is 18.5. The number of unbranched alkanes of at least 4 members (excludes halogenated alkanes) is 1. The Bertz CT molecular complexity index is 608. The minimum Gasteiger partial charge on any atom is -0.465 e. The normalized spacial score (nSPS) is 14.8. The standard InChI is InChI=1S/C24H38O4/c1-7-9-15-27-21(25)19(3)16-24(6,8-2)22(26)28-18-23(4,5)17-20-13-11-10-12-14-20/h10-14,19H,7-9,15-18H2,1-6H3. The van der Waals surface area contributed by atoms with E-state index in [1.807, 2.05) is 39.0 Å². The van der Waals surface area contributed by atoms with E-state index < -0.39 is 5.41 Å². The molecule has 0 amide bonds. The van der Waals surface area contributed by atoms with Crippen LogP contribution in [0.2, 0.25) is 0 Å². The summed E-state index contributed by atoms with van der Waals surface area (Å²) < 4.78 is 11.0. The second-order valence-corrected chi connectivity index (χ2v) is 8.94. The maximum absolute atomic E-state index is 12.8. The highest BCUT2D eigenvalue weighted by Crippen LogP contribution is 2.33. The van der Waals surface area contributed by atoms with Crippen molar-refractivity contribution in [2.24, 2.45) is 16.7 Å². The molecule has 4 heteroatoms.